The van der Waals surface area contributed by atoms with Gasteiger partial charge in [-0.3, -0.25) is 0 Å². The lowest BCUT2D eigenvalue weighted by Gasteiger charge is -2.61. The molecule has 1 aliphatic carbocycles. The average molecular weight is 229 g/mol. The van der Waals surface area contributed by atoms with Gasteiger partial charge in [-0.1, -0.05) is 27.7 Å². The third-order valence-corrected chi connectivity index (χ3v) is 3.31. The van der Waals surface area contributed by atoms with Crippen molar-refractivity contribution >= 4 is 0 Å². The van der Waals surface area contributed by atoms with Crippen LogP contribution in [0.1, 0.15) is 40.5 Å². The molecule has 2 spiro atoms. The maximum atomic E-state index is 5.60. The van der Waals surface area contributed by atoms with Crippen LogP contribution in [-0.2, 0) is 9.47 Å². The van der Waals surface area contributed by atoms with Crippen LogP contribution in [-0.4, -0.2) is 44.0 Å². The van der Waals surface area contributed by atoms with E-state index in [0.717, 1.165) is 26.1 Å². The smallest absolute Gasteiger partial charge is 0.169 e. The Labute approximate surface area is 100 Å². The van der Waals surface area contributed by atoms with Crippen molar-refractivity contribution in [2.45, 2.75) is 46.3 Å². The van der Waals surface area contributed by atoms with Crippen LogP contribution < -0.4 is 0 Å². The van der Waals surface area contributed by atoms with Gasteiger partial charge in [-0.15, -0.1) is 0 Å². The highest BCUT2D eigenvalue weighted by molar-refractivity contribution is 5.08. The molecule has 0 aromatic rings. The summed E-state index contributed by atoms with van der Waals surface area (Å²) < 4.78 is 11.2. The first-order valence-electron chi connectivity index (χ1n) is 6.69. The second kappa shape index (κ2) is 5.48. The van der Waals surface area contributed by atoms with Gasteiger partial charge >= 0.3 is 0 Å². The summed E-state index contributed by atoms with van der Waals surface area (Å²) in [6.07, 6.45) is 2.26. The van der Waals surface area contributed by atoms with Gasteiger partial charge in [-0.2, -0.15) is 0 Å². The van der Waals surface area contributed by atoms with Gasteiger partial charge in [0.15, 0.2) is 5.79 Å². The minimum atomic E-state index is -0.138. The van der Waals surface area contributed by atoms with Crippen molar-refractivity contribution in [1.29, 1.82) is 0 Å². The third kappa shape index (κ3) is 2.41. The summed E-state index contributed by atoms with van der Waals surface area (Å²) in [6, 6.07) is 0. The number of hydrogen-bond acceptors (Lipinski definition) is 3. The first-order chi connectivity index (χ1) is 7.72. The van der Waals surface area contributed by atoms with Gasteiger partial charge in [-0.05, 0) is 7.05 Å². The Bertz CT molecular complexity index is 196. The van der Waals surface area contributed by atoms with Crippen LogP contribution in [0.2, 0.25) is 0 Å². The lowest BCUT2D eigenvalue weighted by Crippen LogP contribution is -2.67. The Hall–Kier alpha value is -0.120. The molecule has 0 aromatic carbocycles. The van der Waals surface area contributed by atoms with Crippen molar-refractivity contribution in [3.8, 4) is 0 Å². The molecule has 0 unspecified atom stereocenters. The highest BCUT2D eigenvalue weighted by atomic mass is 16.7. The number of nitrogens with zero attached hydrogens (tertiary/aromatic N) is 1. The van der Waals surface area contributed by atoms with Gasteiger partial charge in [0.25, 0.3) is 0 Å². The standard InChI is InChI=1S/C9H15NO2.2C2H6/c1-10-6-8(7-10)4-9(5-8)11-2-3-12-9;2*1-2/h2-7H2,1H3;2*1-2H3. The van der Waals surface area contributed by atoms with Crippen LogP contribution in [0.15, 0.2) is 0 Å². The van der Waals surface area contributed by atoms with E-state index in [-0.39, 0.29) is 5.79 Å². The van der Waals surface area contributed by atoms with Gasteiger partial charge in [-0.25, -0.2) is 0 Å². The molecule has 2 saturated heterocycles. The largest absolute Gasteiger partial charge is 0.347 e. The highest BCUT2D eigenvalue weighted by Gasteiger charge is 2.62. The molecule has 0 radical (unpaired) electrons. The molecule has 96 valence electrons. The van der Waals surface area contributed by atoms with Crippen LogP contribution in [0.3, 0.4) is 0 Å². The molecule has 3 aliphatic rings. The minimum Gasteiger partial charge on any atom is -0.347 e. The summed E-state index contributed by atoms with van der Waals surface area (Å²) >= 11 is 0. The summed E-state index contributed by atoms with van der Waals surface area (Å²) in [4.78, 5) is 2.36. The quantitative estimate of drug-likeness (QED) is 0.637. The van der Waals surface area contributed by atoms with Crippen molar-refractivity contribution in [2.24, 2.45) is 5.41 Å². The van der Waals surface area contributed by atoms with Crippen molar-refractivity contribution < 1.29 is 9.47 Å². The van der Waals surface area contributed by atoms with Crippen molar-refractivity contribution in [3.05, 3.63) is 0 Å². The first kappa shape index (κ1) is 13.9. The molecule has 16 heavy (non-hydrogen) atoms. The SMILES string of the molecule is CC.CC.CN1CC2(C1)CC1(C2)OCCO1. The Morgan fingerprint density at radius 1 is 0.875 bits per heavy atom. The van der Waals surface area contributed by atoms with Crippen molar-refractivity contribution in [2.75, 3.05) is 33.4 Å². The second-order valence-electron chi connectivity index (χ2n) is 4.63. The summed E-state index contributed by atoms with van der Waals surface area (Å²) in [5, 5.41) is 0. The number of likely N-dealkylation sites (tertiary alicyclic amines) is 1. The maximum Gasteiger partial charge on any atom is 0.169 e. The number of rotatable bonds is 0. The molecule has 0 atom stereocenters. The molecule has 0 bridgehead atoms. The van der Waals surface area contributed by atoms with E-state index in [0.29, 0.717) is 5.41 Å². The van der Waals surface area contributed by atoms with E-state index in [1.54, 1.807) is 0 Å². The molecule has 2 aliphatic heterocycles. The van der Waals surface area contributed by atoms with Crippen LogP contribution in [0.4, 0.5) is 0 Å². The van der Waals surface area contributed by atoms with E-state index in [1.807, 2.05) is 27.7 Å². The Balaban J connectivity index is 0.000000291. The van der Waals surface area contributed by atoms with Gasteiger partial charge in [0, 0.05) is 31.3 Å². The number of ether oxygens (including phenoxy) is 2. The third-order valence-electron chi connectivity index (χ3n) is 3.31. The number of hydrogen-bond donors (Lipinski definition) is 0. The van der Waals surface area contributed by atoms with Gasteiger partial charge in [0.05, 0.1) is 13.2 Å². The fraction of sp³-hybridized carbons (Fsp3) is 1.00. The van der Waals surface area contributed by atoms with E-state index in [4.69, 9.17) is 9.47 Å². The lowest BCUT2D eigenvalue weighted by molar-refractivity contribution is -0.287. The summed E-state index contributed by atoms with van der Waals surface area (Å²) in [5.74, 6) is -0.138. The second-order valence-corrected chi connectivity index (χ2v) is 4.63. The van der Waals surface area contributed by atoms with E-state index >= 15 is 0 Å². The van der Waals surface area contributed by atoms with Gasteiger partial charge in [0.1, 0.15) is 0 Å². The van der Waals surface area contributed by atoms with Crippen LogP contribution in [0.5, 0.6) is 0 Å². The molecule has 1 saturated carbocycles. The minimum absolute atomic E-state index is 0.138. The van der Waals surface area contributed by atoms with E-state index in [9.17, 15) is 0 Å². The molecule has 3 fully saturated rings. The monoisotopic (exact) mass is 229 g/mol. The lowest BCUT2D eigenvalue weighted by atomic mass is 9.60. The normalized spacial score (nSPS) is 28.3. The topological polar surface area (TPSA) is 21.7 Å². The molecule has 0 N–H and O–H groups in total. The zero-order valence-corrected chi connectivity index (χ0v) is 11.5. The zero-order valence-electron chi connectivity index (χ0n) is 11.5. The van der Waals surface area contributed by atoms with Crippen LogP contribution in [0.25, 0.3) is 0 Å². The molecular formula is C13H27NO2. The van der Waals surface area contributed by atoms with Crippen molar-refractivity contribution in [1.82, 2.24) is 4.90 Å². The zero-order chi connectivity index (χ0) is 12.2. The van der Waals surface area contributed by atoms with E-state index in [1.165, 1.54) is 13.1 Å². The van der Waals surface area contributed by atoms with E-state index in [2.05, 4.69) is 11.9 Å². The fourth-order valence-corrected chi connectivity index (χ4v) is 3.11. The molecular weight excluding hydrogens is 202 g/mol. The molecule has 0 amide bonds. The molecule has 3 nitrogen and oxygen atoms in total. The van der Waals surface area contributed by atoms with Crippen molar-refractivity contribution in [3.63, 3.8) is 0 Å². The highest BCUT2D eigenvalue weighted by Crippen LogP contribution is 2.56. The predicted molar refractivity (Wildman–Crippen MR) is 66.5 cm³/mol. The molecule has 3 heteroatoms. The first-order valence-corrected chi connectivity index (χ1v) is 6.69. The molecule has 3 rings (SSSR count). The Morgan fingerprint density at radius 2 is 1.31 bits per heavy atom. The van der Waals surface area contributed by atoms with Gasteiger partial charge < -0.3 is 14.4 Å². The Morgan fingerprint density at radius 3 is 1.69 bits per heavy atom. The van der Waals surface area contributed by atoms with Crippen LogP contribution in [0, 0.1) is 5.41 Å². The van der Waals surface area contributed by atoms with E-state index < -0.39 is 0 Å². The van der Waals surface area contributed by atoms with Crippen LogP contribution >= 0.6 is 0 Å². The Kier molecular flexibility index (Phi) is 4.77. The predicted octanol–water partition coefficient (Wildman–Crippen LogP) is 2.51. The summed E-state index contributed by atoms with van der Waals surface area (Å²) in [6.45, 7) is 12.1. The maximum absolute atomic E-state index is 5.60. The summed E-state index contributed by atoms with van der Waals surface area (Å²) in [5.41, 5.74) is 0.569. The molecule has 2 heterocycles. The average Bonchev–Trinajstić information content (AvgIpc) is 2.70. The fourth-order valence-electron chi connectivity index (χ4n) is 3.11. The molecule has 0 aromatic heterocycles. The van der Waals surface area contributed by atoms with Gasteiger partial charge in [0.2, 0.25) is 0 Å². The summed E-state index contributed by atoms with van der Waals surface area (Å²) in [7, 11) is 2.17.